The van der Waals surface area contributed by atoms with Crippen LogP contribution in [0.15, 0.2) is 66.1 Å². The van der Waals surface area contributed by atoms with E-state index in [1.165, 1.54) is 36.7 Å². The van der Waals surface area contributed by atoms with Gasteiger partial charge < -0.3 is 14.8 Å². The van der Waals surface area contributed by atoms with Crippen molar-refractivity contribution >= 4 is 39.8 Å². The standard InChI is InChI=1S/C26H28N6OS/c1-2-32-25(19-9-5-3-6-10-19)29-30-26(32)34-18-24(33)28-22-11-12-23(31-15-7-4-8-16-31)20-13-14-27-17-21(20)22/h3,5-6,9-14,17H,2,4,7-8,15-16,18H2,1H3,(H,28,33). The quantitative estimate of drug-likeness (QED) is 0.371. The van der Waals surface area contributed by atoms with Crippen LogP contribution in [0.4, 0.5) is 11.4 Å². The lowest BCUT2D eigenvalue weighted by molar-refractivity contribution is -0.113. The van der Waals surface area contributed by atoms with Crippen LogP contribution >= 0.6 is 11.8 Å². The van der Waals surface area contributed by atoms with Crippen molar-refractivity contribution < 1.29 is 4.79 Å². The van der Waals surface area contributed by atoms with E-state index in [2.05, 4.69) is 38.4 Å². The molecule has 8 heteroatoms. The Morgan fingerprint density at radius 3 is 2.62 bits per heavy atom. The Bertz CT molecular complexity index is 1280. The summed E-state index contributed by atoms with van der Waals surface area (Å²) >= 11 is 1.40. The molecule has 1 amide bonds. The zero-order valence-electron chi connectivity index (χ0n) is 19.3. The Balaban J connectivity index is 1.31. The van der Waals surface area contributed by atoms with Gasteiger partial charge in [0.15, 0.2) is 11.0 Å². The number of amides is 1. The van der Waals surface area contributed by atoms with Gasteiger partial charge in [0.25, 0.3) is 0 Å². The number of fused-ring (bicyclic) bond motifs is 1. The first kappa shape index (κ1) is 22.4. The highest BCUT2D eigenvalue weighted by molar-refractivity contribution is 7.99. The molecule has 2 aromatic carbocycles. The number of thioether (sulfide) groups is 1. The summed E-state index contributed by atoms with van der Waals surface area (Å²) in [6.45, 7) is 4.93. The summed E-state index contributed by atoms with van der Waals surface area (Å²) in [5.74, 6) is 0.993. The molecule has 1 aliphatic heterocycles. The number of rotatable bonds is 7. The summed E-state index contributed by atoms with van der Waals surface area (Å²) < 4.78 is 2.04. The maximum Gasteiger partial charge on any atom is 0.234 e. The van der Waals surface area contributed by atoms with Crippen molar-refractivity contribution in [2.24, 2.45) is 0 Å². The van der Waals surface area contributed by atoms with E-state index in [4.69, 9.17) is 0 Å². The van der Waals surface area contributed by atoms with E-state index < -0.39 is 0 Å². The SMILES string of the molecule is CCn1c(SCC(=O)Nc2ccc(N3CCCCC3)c3ccncc23)nnc1-c1ccccc1. The molecule has 0 saturated carbocycles. The smallest absolute Gasteiger partial charge is 0.234 e. The molecule has 0 atom stereocenters. The highest BCUT2D eigenvalue weighted by Crippen LogP contribution is 2.33. The Kier molecular flexibility index (Phi) is 6.76. The summed E-state index contributed by atoms with van der Waals surface area (Å²) in [4.78, 5) is 19.6. The third kappa shape index (κ3) is 4.63. The fourth-order valence-corrected chi connectivity index (χ4v) is 5.29. The van der Waals surface area contributed by atoms with Gasteiger partial charge in [-0.25, -0.2) is 0 Å². The lowest BCUT2D eigenvalue weighted by Gasteiger charge is -2.30. The summed E-state index contributed by atoms with van der Waals surface area (Å²) in [6.07, 6.45) is 7.39. The van der Waals surface area contributed by atoms with Crippen LogP contribution in [-0.2, 0) is 11.3 Å². The molecule has 0 spiro atoms. The number of pyridine rings is 1. The van der Waals surface area contributed by atoms with Gasteiger partial charge >= 0.3 is 0 Å². The lowest BCUT2D eigenvalue weighted by Crippen LogP contribution is -2.29. The molecule has 0 bridgehead atoms. The van der Waals surface area contributed by atoms with Crippen LogP contribution in [0, 0.1) is 0 Å². The van der Waals surface area contributed by atoms with Crippen LogP contribution in [0.3, 0.4) is 0 Å². The molecule has 174 valence electrons. The molecule has 4 aromatic rings. The van der Waals surface area contributed by atoms with Gasteiger partial charge in [0.1, 0.15) is 0 Å². The highest BCUT2D eigenvalue weighted by atomic mass is 32.2. The molecular weight excluding hydrogens is 444 g/mol. The van der Waals surface area contributed by atoms with Crippen molar-refractivity contribution in [3.05, 3.63) is 60.9 Å². The lowest BCUT2D eigenvalue weighted by atomic mass is 10.1. The molecule has 0 unspecified atom stereocenters. The molecule has 0 radical (unpaired) electrons. The normalized spacial score (nSPS) is 13.9. The van der Waals surface area contributed by atoms with Crippen molar-refractivity contribution in [1.82, 2.24) is 19.7 Å². The van der Waals surface area contributed by atoms with E-state index in [0.29, 0.717) is 0 Å². The Labute approximate surface area is 203 Å². The van der Waals surface area contributed by atoms with Crippen LogP contribution in [0.2, 0.25) is 0 Å². The zero-order chi connectivity index (χ0) is 23.3. The van der Waals surface area contributed by atoms with E-state index in [0.717, 1.165) is 52.6 Å². The van der Waals surface area contributed by atoms with Gasteiger partial charge in [0.05, 0.1) is 11.4 Å². The average Bonchev–Trinajstić information content (AvgIpc) is 3.32. The van der Waals surface area contributed by atoms with E-state index in [1.54, 1.807) is 0 Å². The first-order valence-electron chi connectivity index (χ1n) is 11.8. The number of carbonyl (C=O) groups excluding carboxylic acids is 1. The van der Waals surface area contributed by atoms with E-state index in [9.17, 15) is 4.79 Å². The summed E-state index contributed by atoms with van der Waals surface area (Å²) in [7, 11) is 0. The van der Waals surface area contributed by atoms with Crippen molar-refractivity contribution in [2.75, 3.05) is 29.1 Å². The third-order valence-electron chi connectivity index (χ3n) is 6.16. The second-order valence-corrected chi connectivity index (χ2v) is 9.30. The molecule has 1 saturated heterocycles. The minimum Gasteiger partial charge on any atom is -0.371 e. The summed E-state index contributed by atoms with van der Waals surface area (Å²) in [6, 6.07) is 16.1. The fourth-order valence-electron chi connectivity index (χ4n) is 4.49. The minimum atomic E-state index is -0.0761. The van der Waals surface area contributed by atoms with Crippen LogP contribution in [0.1, 0.15) is 26.2 Å². The number of nitrogens with zero attached hydrogens (tertiary/aromatic N) is 5. The Morgan fingerprint density at radius 1 is 1.00 bits per heavy atom. The van der Waals surface area contributed by atoms with Crippen LogP contribution in [0.5, 0.6) is 0 Å². The third-order valence-corrected chi connectivity index (χ3v) is 7.13. The molecule has 3 heterocycles. The summed E-state index contributed by atoms with van der Waals surface area (Å²) in [5.41, 5.74) is 3.02. The molecule has 0 aliphatic carbocycles. The number of carbonyl (C=O) groups is 1. The maximum absolute atomic E-state index is 12.9. The van der Waals surface area contributed by atoms with Gasteiger partial charge in [-0.3, -0.25) is 9.78 Å². The molecule has 1 fully saturated rings. The van der Waals surface area contributed by atoms with Crippen molar-refractivity contribution in [2.45, 2.75) is 37.9 Å². The molecule has 5 rings (SSSR count). The van der Waals surface area contributed by atoms with E-state index >= 15 is 0 Å². The van der Waals surface area contributed by atoms with Crippen LogP contribution in [-0.4, -0.2) is 44.5 Å². The zero-order valence-corrected chi connectivity index (χ0v) is 20.1. The van der Waals surface area contributed by atoms with Crippen molar-refractivity contribution in [1.29, 1.82) is 0 Å². The average molecular weight is 473 g/mol. The van der Waals surface area contributed by atoms with E-state index in [1.807, 2.05) is 59.4 Å². The predicted octanol–water partition coefficient (Wildman–Crippen LogP) is 5.23. The van der Waals surface area contributed by atoms with Gasteiger partial charge in [-0.05, 0) is 44.4 Å². The number of nitrogens with one attached hydrogen (secondary N) is 1. The van der Waals surface area contributed by atoms with Crippen LogP contribution < -0.4 is 10.2 Å². The largest absolute Gasteiger partial charge is 0.371 e. The number of hydrogen-bond acceptors (Lipinski definition) is 6. The van der Waals surface area contributed by atoms with Crippen molar-refractivity contribution in [3.8, 4) is 11.4 Å². The maximum atomic E-state index is 12.9. The summed E-state index contributed by atoms with van der Waals surface area (Å²) in [5, 5.41) is 14.6. The Hall–Kier alpha value is -3.39. The van der Waals surface area contributed by atoms with Crippen molar-refractivity contribution in [3.63, 3.8) is 0 Å². The number of anilines is 2. The molecular formula is C26H28N6OS. The number of benzene rings is 2. The molecule has 2 aromatic heterocycles. The van der Waals surface area contributed by atoms with Gasteiger partial charge in [-0.15, -0.1) is 10.2 Å². The van der Waals surface area contributed by atoms with Gasteiger partial charge in [0.2, 0.25) is 5.91 Å². The first-order valence-corrected chi connectivity index (χ1v) is 12.8. The molecule has 1 N–H and O–H groups in total. The molecule has 34 heavy (non-hydrogen) atoms. The van der Waals surface area contributed by atoms with Gasteiger partial charge in [-0.2, -0.15) is 0 Å². The second kappa shape index (κ2) is 10.3. The number of hydrogen-bond donors (Lipinski definition) is 1. The fraction of sp³-hybridized carbons (Fsp3) is 0.308. The van der Waals surface area contributed by atoms with Gasteiger partial charge in [0, 0.05) is 54.1 Å². The van der Waals surface area contributed by atoms with Gasteiger partial charge in [-0.1, -0.05) is 42.1 Å². The topological polar surface area (TPSA) is 75.9 Å². The van der Waals surface area contributed by atoms with E-state index in [-0.39, 0.29) is 11.7 Å². The predicted molar refractivity (Wildman–Crippen MR) is 138 cm³/mol. The van der Waals surface area contributed by atoms with Crippen LogP contribution in [0.25, 0.3) is 22.2 Å². The number of piperidine rings is 1. The first-order chi connectivity index (χ1) is 16.7. The molecule has 1 aliphatic rings. The minimum absolute atomic E-state index is 0.0761. The highest BCUT2D eigenvalue weighted by Gasteiger charge is 2.17. The monoisotopic (exact) mass is 472 g/mol. The molecule has 7 nitrogen and oxygen atoms in total. The second-order valence-electron chi connectivity index (χ2n) is 8.35. The Morgan fingerprint density at radius 2 is 1.82 bits per heavy atom. The number of aromatic nitrogens is 4.